The Bertz CT molecular complexity index is 1340. The molecule has 2 heterocycles. The molecule has 1 aliphatic carbocycles. The van der Waals surface area contributed by atoms with Crippen molar-refractivity contribution in [2.24, 2.45) is 11.7 Å². The molecule has 2 aromatic rings. The van der Waals surface area contributed by atoms with Crippen LogP contribution in [-0.2, 0) is 4.74 Å². The van der Waals surface area contributed by atoms with Crippen LogP contribution in [-0.4, -0.2) is 34.4 Å². The minimum Gasteiger partial charge on any atom is -0.495 e. The van der Waals surface area contributed by atoms with E-state index in [1.807, 2.05) is 0 Å². The molecule has 1 aromatic heterocycles. The van der Waals surface area contributed by atoms with Gasteiger partial charge in [0.25, 0.3) is 5.91 Å². The molecule has 180 valence electrons. The van der Waals surface area contributed by atoms with E-state index < -0.39 is 5.00 Å². The fourth-order valence-electron chi connectivity index (χ4n) is 3.37. The third-order valence-electron chi connectivity index (χ3n) is 5.50. The van der Waals surface area contributed by atoms with Crippen molar-refractivity contribution in [3.8, 4) is 11.8 Å². The van der Waals surface area contributed by atoms with Crippen molar-refractivity contribution in [2.75, 3.05) is 12.4 Å². The molecule has 1 saturated carbocycles. The van der Waals surface area contributed by atoms with Gasteiger partial charge in [-0.3, -0.25) is 10.1 Å². The highest BCUT2D eigenvalue weighted by molar-refractivity contribution is 7.15. The Morgan fingerprint density at radius 2 is 2.20 bits per heavy atom. The number of benzene rings is 1. The second-order valence-corrected chi connectivity index (χ2v) is 10.2. The summed E-state index contributed by atoms with van der Waals surface area (Å²) in [4.78, 5) is 12.5. The van der Waals surface area contributed by atoms with E-state index in [4.69, 9.17) is 27.5 Å². The van der Waals surface area contributed by atoms with Crippen LogP contribution in [0.4, 0.5) is 5.13 Å². The van der Waals surface area contributed by atoms with Gasteiger partial charge in [0.15, 0.2) is 5.01 Å². The van der Waals surface area contributed by atoms with E-state index in [2.05, 4.69) is 32.7 Å². The van der Waals surface area contributed by atoms with E-state index >= 15 is 0 Å². The summed E-state index contributed by atoms with van der Waals surface area (Å²) in [5, 5.41) is 22.4. The number of anilines is 1. The molecule has 0 bridgehead atoms. The molecular formula is C25H25ClN6O2S. The average molecular weight is 509 g/mol. The topological polar surface area (TPSA) is 126 Å². The predicted octanol–water partition coefficient (Wildman–Crippen LogP) is 4.32. The van der Waals surface area contributed by atoms with Crippen LogP contribution in [0.25, 0.3) is 11.3 Å². The lowest BCUT2D eigenvalue weighted by Crippen LogP contribution is -2.34. The normalized spacial score (nSPS) is 19.8. The van der Waals surface area contributed by atoms with Crippen molar-refractivity contribution < 1.29 is 9.53 Å². The summed E-state index contributed by atoms with van der Waals surface area (Å²) in [5.74, 6) is 6.74. The number of nitrogens with zero attached hydrogens (tertiary/aromatic N) is 2. The molecule has 8 nitrogen and oxygen atoms in total. The maximum atomic E-state index is 13.4. The van der Waals surface area contributed by atoms with E-state index in [-0.39, 0.29) is 5.91 Å². The smallest absolute Gasteiger partial charge is 0.258 e. The number of carbonyl (C=O) groups is 1. The number of dihydropyridines is 1. The molecule has 0 spiro atoms. The molecule has 2 aliphatic rings. The van der Waals surface area contributed by atoms with Crippen molar-refractivity contribution in [1.29, 1.82) is 5.41 Å². The zero-order valence-corrected chi connectivity index (χ0v) is 21.1. The standard InChI is InChI=1S/C25H25ClN6O2S/c1-14(12-27)22(28)16-7-8-17(18(10-16)19-11-25(2,26)29-13-20(19)34-3)23(33)30-24-32-31-21(35-24)9-6-15-4-5-15/h7-8,10-13,15,27,29H,4-5,28H2,1-3H3,(H,30,32,33)/b22-14-,27-12?. The number of halogens is 1. The molecule has 1 atom stereocenters. The zero-order chi connectivity index (χ0) is 25.2. The summed E-state index contributed by atoms with van der Waals surface area (Å²) >= 11 is 7.78. The Balaban J connectivity index is 1.74. The van der Waals surface area contributed by atoms with Gasteiger partial charge in [-0.2, -0.15) is 0 Å². The van der Waals surface area contributed by atoms with Crippen LogP contribution in [0.15, 0.2) is 41.8 Å². The molecule has 0 saturated heterocycles. The number of hydrogen-bond acceptors (Lipinski definition) is 8. The lowest BCUT2D eigenvalue weighted by atomic mass is 9.91. The number of aromatic nitrogens is 2. The van der Waals surface area contributed by atoms with Gasteiger partial charge in [-0.15, -0.1) is 10.2 Å². The van der Waals surface area contributed by atoms with Crippen molar-refractivity contribution in [3.63, 3.8) is 0 Å². The molecular weight excluding hydrogens is 484 g/mol. The second-order valence-electron chi connectivity index (χ2n) is 8.40. The molecule has 1 amide bonds. The minimum absolute atomic E-state index is 0.355. The summed E-state index contributed by atoms with van der Waals surface area (Å²) in [5.41, 5.74) is 9.54. The van der Waals surface area contributed by atoms with Crippen molar-refractivity contribution in [1.82, 2.24) is 15.5 Å². The van der Waals surface area contributed by atoms with E-state index in [0.717, 1.165) is 12.8 Å². The van der Waals surface area contributed by atoms with Crippen LogP contribution in [0, 0.1) is 23.2 Å². The molecule has 1 aromatic carbocycles. The number of rotatable bonds is 6. The second kappa shape index (κ2) is 9.94. The number of alkyl halides is 1. The molecule has 0 radical (unpaired) electrons. The Labute approximate surface area is 212 Å². The maximum Gasteiger partial charge on any atom is 0.258 e. The molecule has 1 unspecified atom stereocenters. The number of carbonyl (C=O) groups excluding carboxylic acids is 1. The quantitative estimate of drug-likeness (QED) is 0.199. The number of hydrogen-bond donors (Lipinski definition) is 4. The highest BCUT2D eigenvalue weighted by Crippen LogP contribution is 2.35. The Morgan fingerprint density at radius 1 is 1.43 bits per heavy atom. The van der Waals surface area contributed by atoms with E-state index in [1.54, 1.807) is 51.4 Å². The summed E-state index contributed by atoms with van der Waals surface area (Å²) in [7, 11) is 1.54. The van der Waals surface area contributed by atoms with Crippen LogP contribution in [0.1, 0.15) is 53.2 Å². The average Bonchev–Trinajstić information content (AvgIpc) is 3.58. The zero-order valence-electron chi connectivity index (χ0n) is 19.5. The molecule has 5 N–H and O–H groups in total. The SMILES string of the molecule is COC1=CNC(C)(Cl)C=C1c1cc(/C(N)=C(\C)C=N)ccc1C(=O)Nc1nnc(C#CC2CC2)s1. The van der Waals surface area contributed by atoms with Gasteiger partial charge < -0.3 is 21.2 Å². The molecule has 35 heavy (non-hydrogen) atoms. The third kappa shape index (κ3) is 5.73. The van der Waals surface area contributed by atoms with Gasteiger partial charge in [-0.05, 0) is 67.5 Å². The predicted molar refractivity (Wildman–Crippen MR) is 140 cm³/mol. The molecule has 1 aliphatic heterocycles. The molecule has 10 heteroatoms. The van der Waals surface area contributed by atoms with Gasteiger partial charge in [0.1, 0.15) is 10.8 Å². The number of amides is 1. The first kappa shape index (κ1) is 24.5. The molecule has 4 rings (SSSR count). The van der Waals surface area contributed by atoms with Gasteiger partial charge >= 0.3 is 0 Å². The largest absolute Gasteiger partial charge is 0.495 e. The number of nitrogens with one attached hydrogen (secondary N) is 3. The van der Waals surface area contributed by atoms with Crippen LogP contribution >= 0.6 is 22.9 Å². The summed E-state index contributed by atoms with van der Waals surface area (Å²) in [6.45, 7) is 3.54. The fourth-order valence-corrected chi connectivity index (χ4v) is 4.13. The first-order valence-corrected chi connectivity index (χ1v) is 12.1. The van der Waals surface area contributed by atoms with Gasteiger partial charge in [0, 0.05) is 35.2 Å². The Kier molecular flexibility index (Phi) is 6.96. The monoisotopic (exact) mass is 508 g/mol. The number of methoxy groups -OCH3 is 1. The first-order chi connectivity index (χ1) is 16.7. The van der Waals surface area contributed by atoms with Gasteiger partial charge in [0.2, 0.25) is 5.13 Å². The summed E-state index contributed by atoms with van der Waals surface area (Å²) in [6.07, 6.45) is 6.88. The first-order valence-electron chi connectivity index (χ1n) is 10.9. The number of allylic oxidation sites excluding steroid dienone is 2. The van der Waals surface area contributed by atoms with Crippen LogP contribution in [0.5, 0.6) is 0 Å². The highest BCUT2D eigenvalue weighted by atomic mass is 35.5. The minimum atomic E-state index is -0.887. The third-order valence-corrected chi connectivity index (χ3v) is 6.47. The van der Waals surface area contributed by atoms with Gasteiger partial charge in [-0.25, -0.2) is 0 Å². The van der Waals surface area contributed by atoms with Gasteiger partial charge in [-0.1, -0.05) is 34.9 Å². The van der Waals surface area contributed by atoms with Gasteiger partial charge in [0.05, 0.1) is 7.11 Å². The van der Waals surface area contributed by atoms with Crippen molar-refractivity contribution in [3.05, 3.63) is 63.5 Å². The highest BCUT2D eigenvalue weighted by Gasteiger charge is 2.28. The van der Waals surface area contributed by atoms with E-state index in [1.165, 1.54) is 17.6 Å². The maximum absolute atomic E-state index is 13.4. The van der Waals surface area contributed by atoms with E-state index in [0.29, 0.717) is 55.3 Å². The lowest BCUT2D eigenvalue weighted by Gasteiger charge is -2.27. The lowest BCUT2D eigenvalue weighted by molar-refractivity contribution is 0.102. The number of ether oxygens (including phenoxy) is 1. The number of nitrogens with two attached hydrogens (primary N) is 1. The fraction of sp³-hybridized carbons (Fsp3) is 0.280. The van der Waals surface area contributed by atoms with Crippen LogP contribution in [0.3, 0.4) is 0 Å². The summed E-state index contributed by atoms with van der Waals surface area (Å²) in [6, 6.07) is 5.21. The Hall–Kier alpha value is -3.61. The van der Waals surface area contributed by atoms with E-state index in [9.17, 15) is 4.79 Å². The molecule has 1 fully saturated rings. The summed E-state index contributed by atoms with van der Waals surface area (Å²) < 4.78 is 5.55. The Morgan fingerprint density at radius 3 is 2.89 bits per heavy atom. The van der Waals surface area contributed by atoms with Crippen LogP contribution < -0.4 is 16.4 Å². The van der Waals surface area contributed by atoms with Crippen molar-refractivity contribution in [2.45, 2.75) is 31.7 Å². The van der Waals surface area contributed by atoms with Crippen LogP contribution in [0.2, 0.25) is 0 Å². The van der Waals surface area contributed by atoms with Crippen molar-refractivity contribution >= 4 is 51.5 Å².